The number of carbonyl (C=O) groups is 1. The Morgan fingerprint density at radius 2 is 1.64 bits per heavy atom. The number of hydrogen-bond donors (Lipinski definition) is 0. The van der Waals surface area contributed by atoms with Crippen molar-refractivity contribution in [1.82, 2.24) is 4.90 Å². The standard InChI is InChI=1S/C32H33NO3/c1-24(34)36-29-10-7-9-27(23-29)31-17-14-26-8-3-4-11-30(26)32(31)22-25-12-15-28(16-13-25)35-21-20-33-18-5-2-6-19-33/h3-4,7-17,23H,2,5-6,18-22H2,1H3. The third-order valence-corrected chi connectivity index (χ3v) is 6.88. The van der Waals surface area contributed by atoms with E-state index in [0.717, 1.165) is 36.4 Å². The molecule has 1 saturated heterocycles. The molecule has 0 aliphatic carbocycles. The minimum atomic E-state index is -0.316. The lowest BCUT2D eigenvalue weighted by molar-refractivity contribution is -0.131. The van der Waals surface area contributed by atoms with E-state index < -0.39 is 0 Å². The number of hydrogen-bond acceptors (Lipinski definition) is 4. The smallest absolute Gasteiger partial charge is 0.308 e. The van der Waals surface area contributed by atoms with Crippen LogP contribution in [-0.2, 0) is 11.2 Å². The van der Waals surface area contributed by atoms with Crippen molar-refractivity contribution in [3.63, 3.8) is 0 Å². The molecule has 1 aliphatic heterocycles. The van der Waals surface area contributed by atoms with Crippen LogP contribution in [0.15, 0.2) is 84.9 Å². The van der Waals surface area contributed by atoms with E-state index in [1.807, 2.05) is 18.2 Å². The van der Waals surface area contributed by atoms with Crippen molar-refractivity contribution in [3.05, 3.63) is 96.1 Å². The Balaban J connectivity index is 1.37. The number of nitrogens with zero attached hydrogens (tertiary/aromatic N) is 1. The Labute approximate surface area is 213 Å². The van der Waals surface area contributed by atoms with Gasteiger partial charge in [0.15, 0.2) is 0 Å². The molecule has 4 aromatic rings. The Bertz CT molecular complexity index is 1320. The van der Waals surface area contributed by atoms with E-state index in [9.17, 15) is 4.79 Å². The fraction of sp³-hybridized carbons (Fsp3) is 0.281. The predicted molar refractivity (Wildman–Crippen MR) is 146 cm³/mol. The van der Waals surface area contributed by atoms with E-state index in [0.29, 0.717) is 5.75 Å². The van der Waals surface area contributed by atoms with Crippen molar-refractivity contribution in [1.29, 1.82) is 0 Å². The molecule has 0 spiro atoms. The van der Waals surface area contributed by atoms with E-state index in [2.05, 4.69) is 71.6 Å². The van der Waals surface area contributed by atoms with Crippen LogP contribution in [0.4, 0.5) is 0 Å². The number of likely N-dealkylation sites (tertiary alicyclic amines) is 1. The third-order valence-electron chi connectivity index (χ3n) is 6.88. The molecule has 0 amide bonds. The van der Waals surface area contributed by atoms with Crippen LogP contribution in [0, 0.1) is 0 Å². The molecule has 1 heterocycles. The van der Waals surface area contributed by atoms with Crippen molar-refractivity contribution in [2.45, 2.75) is 32.6 Å². The van der Waals surface area contributed by atoms with E-state index in [4.69, 9.17) is 9.47 Å². The van der Waals surface area contributed by atoms with Gasteiger partial charge in [0.25, 0.3) is 0 Å². The number of benzene rings is 4. The minimum Gasteiger partial charge on any atom is -0.492 e. The number of carbonyl (C=O) groups excluding carboxylic acids is 1. The minimum absolute atomic E-state index is 0.316. The molecule has 5 rings (SSSR count). The molecular weight excluding hydrogens is 446 g/mol. The third kappa shape index (κ3) is 5.95. The first kappa shape index (κ1) is 24.1. The average molecular weight is 480 g/mol. The highest BCUT2D eigenvalue weighted by Gasteiger charge is 2.13. The largest absolute Gasteiger partial charge is 0.492 e. The van der Waals surface area contributed by atoms with Crippen LogP contribution >= 0.6 is 0 Å². The zero-order valence-corrected chi connectivity index (χ0v) is 20.9. The van der Waals surface area contributed by atoms with Crippen LogP contribution in [0.1, 0.15) is 37.3 Å². The van der Waals surface area contributed by atoms with Crippen LogP contribution in [0.25, 0.3) is 21.9 Å². The zero-order valence-electron chi connectivity index (χ0n) is 20.9. The lowest BCUT2D eigenvalue weighted by Crippen LogP contribution is -2.33. The summed E-state index contributed by atoms with van der Waals surface area (Å²) in [4.78, 5) is 14.0. The quantitative estimate of drug-likeness (QED) is 0.204. The fourth-order valence-corrected chi connectivity index (χ4v) is 5.07. The topological polar surface area (TPSA) is 38.8 Å². The van der Waals surface area contributed by atoms with Crippen molar-refractivity contribution in [2.75, 3.05) is 26.2 Å². The van der Waals surface area contributed by atoms with Crippen LogP contribution in [0.2, 0.25) is 0 Å². The second-order valence-electron chi connectivity index (χ2n) is 9.51. The summed E-state index contributed by atoms with van der Waals surface area (Å²) >= 11 is 0. The lowest BCUT2D eigenvalue weighted by Gasteiger charge is -2.26. The van der Waals surface area contributed by atoms with Gasteiger partial charge in [0, 0.05) is 13.5 Å². The van der Waals surface area contributed by atoms with Crippen LogP contribution in [-0.4, -0.2) is 37.1 Å². The maximum absolute atomic E-state index is 11.5. The van der Waals surface area contributed by atoms with Crippen molar-refractivity contribution < 1.29 is 14.3 Å². The Hall–Kier alpha value is -3.63. The van der Waals surface area contributed by atoms with E-state index in [1.54, 1.807) is 0 Å². The van der Waals surface area contributed by atoms with Gasteiger partial charge in [0.2, 0.25) is 0 Å². The number of fused-ring (bicyclic) bond motifs is 1. The molecule has 0 unspecified atom stereocenters. The molecule has 0 N–H and O–H groups in total. The van der Waals surface area contributed by atoms with Crippen LogP contribution in [0.5, 0.6) is 11.5 Å². The summed E-state index contributed by atoms with van der Waals surface area (Å²) in [5, 5.41) is 2.44. The molecule has 36 heavy (non-hydrogen) atoms. The molecule has 4 nitrogen and oxygen atoms in total. The average Bonchev–Trinajstić information content (AvgIpc) is 2.90. The molecule has 4 heteroatoms. The summed E-state index contributed by atoms with van der Waals surface area (Å²) in [6.45, 7) is 5.53. The molecule has 1 fully saturated rings. The molecule has 184 valence electrons. The molecule has 1 aliphatic rings. The van der Waals surface area contributed by atoms with Crippen molar-refractivity contribution >= 4 is 16.7 Å². The first-order valence-electron chi connectivity index (χ1n) is 12.9. The van der Waals surface area contributed by atoms with Gasteiger partial charge in [-0.3, -0.25) is 9.69 Å². The summed E-state index contributed by atoms with van der Waals surface area (Å²) in [7, 11) is 0. The Kier molecular flexibility index (Phi) is 7.63. The van der Waals surface area contributed by atoms with E-state index in [-0.39, 0.29) is 5.97 Å². The van der Waals surface area contributed by atoms with Gasteiger partial charge in [-0.05, 0) is 89.6 Å². The van der Waals surface area contributed by atoms with Gasteiger partial charge in [-0.2, -0.15) is 0 Å². The van der Waals surface area contributed by atoms with Gasteiger partial charge in [0.1, 0.15) is 18.1 Å². The number of ether oxygens (including phenoxy) is 2. The molecule has 0 atom stereocenters. The molecule has 0 bridgehead atoms. The lowest BCUT2D eigenvalue weighted by atomic mass is 9.90. The first-order valence-corrected chi connectivity index (χ1v) is 12.9. The Morgan fingerprint density at radius 3 is 2.44 bits per heavy atom. The number of esters is 1. The van der Waals surface area contributed by atoms with Gasteiger partial charge >= 0.3 is 5.97 Å². The molecular formula is C32H33NO3. The predicted octanol–water partition coefficient (Wildman–Crippen LogP) is 6.89. The second kappa shape index (κ2) is 11.4. The van der Waals surface area contributed by atoms with Crippen molar-refractivity contribution in [2.24, 2.45) is 0 Å². The van der Waals surface area contributed by atoms with Crippen LogP contribution in [0.3, 0.4) is 0 Å². The normalized spacial score (nSPS) is 14.0. The van der Waals surface area contributed by atoms with Gasteiger partial charge in [-0.25, -0.2) is 0 Å². The molecule has 0 saturated carbocycles. The summed E-state index contributed by atoms with van der Waals surface area (Å²) in [5.74, 6) is 1.16. The van der Waals surface area contributed by atoms with Gasteiger partial charge in [-0.1, -0.05) is 67.1 Å². The summed E-state index contributed by atoms with van der Waals surface area (Å²) in [6, 6.07) is 29.1. The zero-order chi connectivity index (χ0) is 24.7. The monoisotopic (exact) mass is 479 g/mol. The molecule has 0 aromatic heterocycles. The summed E-state index contributed by atoms with van der Waals surface area (Å²) in [5.41, 5.74) is 4.66. The van der Waals surface area contributed by atoms with Crippen molar-refractivity contribution in [3.8, 4) is 22.6 Å². The SMILES string of the molecule is CC(=O)Oc1cccc(-c2ccc3ccccc3c2Cc2ccc(OCCN3CCCCC3)cc2)c1. The van der Waals surface area contributed by atoms with Gasteiger partial charge in [-0.15, -0.1) is 0 Å². The highest BCUT2D eigenvalue weighted by Crippen LogP contribution is 2.34. The van der Waals surface area contributed by atoms with E-state index in [1.165, 1.54) is 61.2 Å². The maximum atomic E-state index is 11.5. The van der Waals surface area contributed by atoms with Crippen LogP contribution < -0.4 is 9.47 Å². The van der Waals surface area contributed by atoms with E-state index >= 15 is 0 Å². The first-order chi connectivity index (χ1) is 17.7. The molecule has 0 radical (unpaired) electrons. The van der Waals surface area contributed by atoms with Gasteiger partial charge < -0.3 is 9.47 Å². The van der Waals surface area contributed by atoms with Gasteiger partial charge in [0.05, 0.1) is 0 Å². The highest BCUT2D eigenvalue weighted by molar-refractivity contribution is 5.92. The Morgan fingerprint density at radius 1 is 0.833 bits per heavy atom. The second-order valence-corrected chi connectivity index (χ2v) is 9.51. The highest BCUT2D eigenvalue weighted by atomic mass is 16.5. The maximum Gasteiger partial charge on any atom is 0.308 e. The molecule has 4 aromatic carbocycles. The number of piperidine rings is 1. The summed E-state index contributed by atoms with van der Waals surface area (Å²) in [6.07, 6.45) is 4.76. The summed E-state index contributed by atoms with van der Waals surface area (Å²) < 4.78 is 11.4. The fourth-order valence-electron chi connectivity index (χ4n) is 5.07. The number of rotatable bonds is 8.